The molecule has 2 fully saturated rings. The molecule has 1 aromatic carbocycles. The molecule has 3 aliphatic rings. The maximum absolute atomic E-state index is 13.0. The average Bonchev–Trinajstić information content (AvgIpc) is 3.34. The molecule has 6 nitrogen and oxygen atoms in total. The van der Waals surface area contributed by atoms with Crippen LogP contribution in [0.5, 0.6) is 0 Å². The first-order valence-corrected chi connectivity index (χ1v) is 10.1. The molecule has 7 heteroatoms. The van der Waals surface area contributed by atoms with Gasteiger partial charge in [0.1, 0.15) is 5.82 Å². The fourth-order valence-electron chi connectivity index (χ4n) is 4.52. The Labute approximate surface area is 164 Å². The topological polar surface area (TPSA) is 64.7 Å². The molecule has 3 atom stereocenters. The number of urea groups is 1. The number of nitrogens with zero attached hydrogens (tertiary/aromatic N) is 2. The van der Waals surface area contributed by atoms with Crippen molar-refractivity contribution in [1.29, 1.82) is 0 Å². The van der Waals surface area contributed by atoms with Crippen LogP contribution in [0.15, 0.2) is 36.4 Å². The Bertz CT molecular complexity index is 743. The number of carbonyl (C=O) groups is 2. The van der Waals surface area contributed by atoms with E-state index in [9.17, 15) is 14.0 Å². The summed E-state index contributed by atoms with van der Waals surface area (Å²) in [4.78, 5) is 28.2. The van der Waals surface area contributed by atoms with Gasteiger partial charge in [-0.2, -0.15) is 0 Å². The number of rotatable bonds is 5. The van der Waals surface area contributed by atoms with Crippen LogP contribution < -0.4 is 15.5 Å². The number of hydrogen-bond acceptors (Lipinski definition) is 3. The summed E-state index contributed by atoms with van der Waals surface area (Å²) >= 11 is 0. The van der Waals surface area contributed by atoms with E-state index in [1.54, 1.807) is 17.0 Å². The minimum Gasteiger partial charge on any atom is -0.368 e. The van der Waals surface area contributed by atoms with Gasteiger partial charge in [0.2, 0.25) is 5.91 Å². The zero-order valence-corrected chi connectivity index (χ0v) is 15.9. The molecule has 1 aliphatic heterocycles. The van der Waals surface area contributed by atoms with Crippen molar-refractivity contribution in [2.75, 3.05) is 44.2 Å². The van der Waals surface area contributed by atoms with Crippen LogP contribution in [-0.2, 0) is 4.79 Å². The Morgan fingerprint density at radius 3 is 2.39 bits per heavy atom. The van der Waals surface area contributed by atoms with Gasteiger partial charge < -0.3 is 20.4 Å². The summed E-state index contributed by atoms with van der Waals surface area (Å²) in [7, 11) is 0. The lowest BCUT2D eigenvalue weighted by Crippen LogP contribution is -2.53. The average molecular weight is 386 g/mol. The van der Waals surface area contributed by atoms with Crippen molar-refractivity contribution in [3.63, 3.8) is 0 Å². The molecule has 1 aromatic rings. The summed E-state index contributed by atoms with van der Waals surface area (Å²) in [6.45, 7) is 3.21. The van der Waals surface area contributed by atoms with E-state index in [-0.39, 0.29) is 24.3 Å². The molecule has 2 N–H and O–H groups in total. The van der Waals surface area contributed by atoms with E-state index in [1.807, 2.05) is 0 Å². The minimum atomic E-state index is -0.253. The van der Waals surface area contributed by atoms with Gasteiger partial charge in [-0.1, -0.05) is 12.2 Å². The van der Waals surface area contributed by atoms with Crippen LogP contribution in [0.25, 0.3) is 0 Å². The van der Waals surface area contributed by atoms with E-state index in [1.165, 1.54) is 18.6 Å². The molecular formula is C21H27FN4O2. The summed E-state index contributed by atoms with van der Waals surface area (Å²) in [5.74, 6) is 1.45. The number of piperazine rings is 1. The van der Waals surface area contributed by atoms with Gasteiger partial charge in [0.25, 0.3) is 0 Å². The lowest BCUT2D eigenvalue weighted by molar-refractivity contribution is -0.120. The zero-order valence-electron chi connectivity index (χ0n) is 15.9. The van der Waals surface area contributed by atoms with E-state index >= 15 is 0 Å². The quantitative estimate of drug-likeness (QED) is 0.761. The SMILES string of the molecule is O=C(CNC(=O)N1CCN(c2ccc(F)cc2)CC1)NC[C@@H]1C[C@H]2C=C[C@H]1C2. The molecule has 0 radical (unpaired) electrons. The lowest BCUT2D eigenvalue weighted by Gasteiger charge is -2.36. The first-order chi connectivity index (χ1) is 13.6. The lowest BCUT2D eigenvalue weighted by atomic mass is 9.94. The fraction of sp³-hybridized carbons (Fsp3) is 0.524. The largest absolute Gasteiger partial charge is 0.368 e. The van der Waals surface area contributed by atoms with E-state index in [4.69, 9.17) is 0 Å². The number of nitrogens with one attached hydrogen (secondary N) is 2. The van der Waals surface area contributed by atoms with E-state index in [0.717, 1.165) is 12.1 Å². The molecule has 150 valence electrons. The molecule has 2 bridgehead atoms. The highest BCUT2D eigenvalue weighted by Crippen LogP contribution is 2.42. The molecule has 1 saturated carbocycles. The van der Waals surface area contributed by atoms with Gasteiger partial charge in [0.05, 0.1) is 6.54 Å². The Balaban J connectivity index is 1.15. The molecular weight excluding hydrogens is 359 g/mol. The Kier molecular flexibility index (Phi) is 5.50. The molecule has 1 heterocycles. The van der Waals surface area contributed by atoms with Crippen molar-refractivity contribution >= 4 is 17.6 Å². The van der Waals surface area contributed by atoms with Crippen LogP contribution in [0.3, 0.4) is 0 Å². The van der Waals surface area contributed by atoms with Crippen molar-refractivity contribution in [2.45, 2.75) is 12.8 Å². The third-order valence-corrected chi connectivity index (χ3v) is 6.14. The predicted molar refractivity (Wildman–Crippen MR) is 105 cm³/mol. The van der Waals surface area contributed by atoms with Crippen molar-refractivity contribution in [1.82, 2.24) is 15.5 Å². The predicted octanol–water partition coefficient (Wildman–Crippen LogP) is 1.99. The van der Waals surface area contributed by atoms with E-state index in [0.29, 0.717) is 50.5 Å². The number of benzene rings is 1. The van der Waals surface area contributed by atoms with Crippen LogP contribution >= 0.6 is 0 Å². The van der Waals surface area contributed by atoms with E-state index in [2.05, 4.69) is 27.7 Å². The number of amides is 3. The van der Waals surface area contributed by atoms with Crippen LogP contribution in [0.4, 0.5) is 14.9 Å². The standard InChI is InChI=1S/C21H27FN4O2/c22-18-3-5-19(6-4-18)25-7-9-26(10-8-25)21(28)24-14-20(27)23-13-17-12-15-1-2-16(17)11-15/h1-6,15-17H,7-14H2,(H,23,27)(H,24,28)/t15-,16-,17-/m0/s1. The molecule has 0 aromatic heterocycles. The maximum atomic E-state index is 13.0. The van der Waals surface area contributed by atoms with Gasteiger partial charge in [0, 0.05) is 38.4 Å². The number of fused-ring (bicyclic) bond motifs is 2. The molecule has 3 amide bonds. The fourth-order valence-corrected chi connectivity index (χ4v) is 4.52. The summed E-state index contributed by atoms with van der Waals surface area (Å²) in [6.07, 6.45) is 6.95. The highest BCUT2D eigenvalue weighted by molar-refractivity contribution is 5.84. The maximum Gasteiger partial charge on any atom is 0.317 e. The monoisotopic (exact) mass is 386 g/mol. The van der Waals surface area contributed by atoms with Gasteiger partial charge in [-0.25, -0.2) is 9.18 Å². The van der Waals surface area contributed by atoms with E-state index < -0.39 is 0 Å². The van der Waals surface area contributed by atoms with Gasteiger partial charge >= 0.3 is 6.03 Å². The normalized spacial score (nSPS) is 25.8. The zero-order chi connectivity index (χ0) is 19.5. The van der Waals surface area contributed by atoms with Crippen molar-refractivity contribution in [3.05, 3.63) is 42.2 Å². The molecule has 0 unspecified atom stereocenters. The Morgan fingerprint density at radius 1 is 1.00 bits per heavy atom. The minimum absolute atomic E-state index is 0.00760. The smallest absolute Gasteiger partial charge is 0.317 e. The van der Waals surface area contributed by atoms with Gasteiger partial charge in [-0.3, -0.25) is 4.79 Å². The number of carbonyl (C=O) groups excluding carboxylic acids is 2. The third kappa shape index (κ3) is 4.29. The van der Waals surface area contributed by atoms with Crippen molar-refractivity contribution < 1.29 is 14.0 Å². The molecule has 28 heavy (non-hydrogen) atoms. The second kappa shape index (κ2) is 8.20. The van der Waals surface area contributed by atoms with Crippen LogP contribution in [-0.4, -0.2) is 56.1 Å². The molecule has 1 saturated heterocycles. The van der Waals surface area contributed by atoms with Gasteiger partial charge in [-0.05, 0) is 54.9 Å². The first kappa shape index (κ1) is 18.8. The first-order valence-electron chi connectivity index (χ1n) is 10.1. The Hall–Kier alpha value is -2.57. The van der Waals surface area contributed by atoms with Crippen LogP contribution in [0.1, 0.15) is 12.8 Å². The highest BCUT2D eigenvalue weighted by atomic mass is 19.1. The number of anilines is 1. The molecule has 0 spiro atoms. The van der Waals surface area contributed by atoms with Crippen LogP contribution in [0, 0.1) is 23.6 Å². The summed E-state index contributed by atoms with van der Waals surface area (Å²) in [5.41, 5.74) is 0.955. The van der Waals surface area contributed by atoms with Gasteiger partial charge in [0.15, 0.2) is 0 Å². The molecule has 2 aliphatic carbocycles. The molecule has 4 rings (SSSR count). The summed E-state index contributed by atoms with van der Waals surface area (Å²) in [6, 6.07) is 6.18. The van der Waals surface area contributed by atoms with Crippen molar-refractivity contribution in [2.24, 2.45) is 17.8 Å². The number of halogens is 1. The van der Waals surface area contributed by atoms with Gasteiger partial charge in [-0.15, -0.1) is 0 Å². The van der Waals surface area contributed by atoms with Crippen LogP contribution in [0.2, 0.25) is 0 Å². The Morgan fingerprint density at radius 2 is 1.75 bits per heavy atom. The second-order valence-electron chi connectivity index (χ2n) is 7.95. The second-order valence-corrected chi connectivity index (χ2v) is 7.95. The summed E-state index contributed by atoms with van der Waals surface area (Å²) < 4.78 is 13.0. The van der Waals surface area contributed by atoms with Crippen molar-refractivity contribution in [3.8, 4) is 0 Å². The number of hydrogen-bond donors (Lipinski definition) is 2. The number of allylic oxidation sites excluding steroid dienone is 2. The highest BCUT2D eigenvalue weighted by Gasteiger charge is 2.35. The summed E-state index contributed by atoms with van der Waals surface area (Å²) in [5, 5.41) is 5.67. The third-order valence-electron chi connectivity index (χ3n) is 6.14.